The highest BCUT2D eigenvalue weighted by Crippen LogP contribution is 2.38. The van der Waals surface area contributed by atoms with Crippen LogP contribution in [0.5, 0.6) is 0 Å². The summed E-state index contributed by atoms with van der Waals surface area (Å²) in [6, 6.07) is 6.30. The molecule has 1 fully saturated rings. The van der Waals surface area contributed by atoms with Gasteiger partial charge >= 0.3 is 0 Å². The van der Waals surface area contributed by atoms with Crippen LogP contribution in [-0.4, -0.2) is 9.97 Å². The molecule has 1 aliphatic rings. The van der Waals surface area contributed by atoms with Gasteiger partial charge in [-0.15, -0.1) is 0 Å². The Balaban J connectivity index is 2.08. The van der Waals surface area contributed by atoms with Gasteiger partial charge in [0.15, 0.2) is 0 Å². The highest BCUT2D eigenvalue weighted by Gasteiger charge is 2.29. The van der Waals surface area contributed by atoms with Crippen LogP contribution in [0.4, 0.5) is 0 Å². The molecular weight excluding hydrogens is 212 g/mol. The predicted molar refractivity (Wildman–Crippen MR) is 66.9 cm³/mol. The van der Waals surface area contributed by atoms with E-state index in [9.17, 15) is 0 Å². The number of fused-ring (bicyclic) bond motifs is 1. The number of nitrogens with one attached hydrogen (secondary N) is 1. The van der Waals surface area contributed by atoms with Gasteiger partial charge < -0.3 is 0 Å². The Labute approximate surface area is 100 Å². The van der Waals surface area contributed by atoms with Gasteiger partial charge in [0.25, 0.3) is 0 Å². The number of aromatic nitrogens is 2. The Bertz CT molecular complexity index is 516. The first kappa shape index (κ1) is 10.6. The molecule has 3 N–H and O–H groups in total. The fraction of sp³-hybridized carbons (Fsp3) is 0.385. The molecule has 0 radical (unpaired) electrons. The second-order valence-electron chi connectivity index (χ2n) is 4.61. The Morgan fingerprint density at radius 2 is 2.06 bits per heavy atom. The van der Waals surface area contributed by atoms with Crippen LogP contribution in [0.15, 0.2) is 30.6 Å². The molecule has 1 aliphatic carbocycles. The van der Waals surface area contributed by atoms with Gasteiger partial charge in [-0.2, -0.15) is 0 Å². The van der Waals surface area contributed by atoms with Crippen molar-refractivity contribution in [2.24, 2.45) is 11.8 Å². The number of nitrogens with zero attached hydrogens (tertiary/aromatic N) is 2. The topological polar surface area (TPSA) is 63.8 Å². The first-order valence-electron chi connectivity index (χ1n) is 6.06. The quantitative estimate of drug-likeness (QED) is 0.622. The monoisotopic (exact) mass is 228 g/mol. The lowest BCUT2D eigenvalue weighted by atomic mass is 9.77. The Morgan fingerprint density at radius 1 is 1.24 bits per heavy atom. The Hall–Kier alpha value is -1.52. The maximum Gasteiger partial charge on any atom is 0.0935 e. The largest absolute Gasteiger partial charge is 0.271 e. The highest BCUT2D eigenvalue weighted by atomic mass is 15.2. The summed E-state index contributed by atoms with van der Waals surface area (Å²) in [6.45, 7) is 0. The van der Waals surface area contributed by atoms with Gasteiger partial charge in [0.1, 0.15) is 0 Å². The number of benzene rings is 1. The summed E-state index contributed by atoms with van der Waals surface area (Å²) in [4.78, 5) is 8.76. The lowest BCUT2D eigenvalue weighted by molar-refractivity contribution is 0.233. The van der Waals surface area contributed by atoms with Crippen LogP contribution < -0.4 is 11.3 Å². The summed E-state index contributed by atoms with van der Waals surface area (Å²) in [5.74, 6) is 6.34. The maximum atomic E-state index is 5.71. The normalized spacial score (nSPS) is 17.9. The van der Waals surface area contributed by atoms with Crippen LogP contribution in [0.1, 0.15) is 30.9 Å². The minimum atomic E-state index is 0.198. The molecule has 2 aromatic rings. The minimum absolute atomic E-state index is 0.198. The molecule has 3 rings (SSSR count). The van der Waals surface area contributed by atoms with Crippen LogP contribution >= 0.6 is 0 Å². The summed E-state index contributed by atoms with van der Waals surface area (Å²) in [5.41, 5.74) is 6.01. The number of rotatable bonds is 3. The smallest absolute Gasteiger partial charge is 0.0935 e. The van der Waals surface area contributed by atoms with E-state index in [4.69, 9.17) is 5.84 Å². The van der Waals surface area contributed by atoms with E-state index in [0.29, 0.717) is 5.92 Å². The number of para-hydroxylation sites is 1. The molecule has 0 saturated heterocycles. The second kappa shape index (κ2) is 4.39. The second-order valence-corrected chi connectivity index (χ2v) is 4.61. The van der Waals surface area contributed by atoms with Gasteiger partial charge in [0.2, 0.25) is 0 Å². The zero-order valence-electron chi connectivity index (χ0n) is 9.63. The molecule has 0 amide bonds. The van der Waals surface area contributed by atoms with Crippen LogP contribution in [0.25, 0.3) is 11.0 Å². The fourth-order valence-electron chi connectivity index (χ4n) is 2.52. The van der Waals surface area contributed by atoms with Gasteiger partial charge in [0, 0.05) is 12.4 Å². The van der Waals surface area contributed by atoms with Crippen molar-refractivity contribution in [1.29, 1.82) is 0 Å². The van der Waals surface area contributed by atoms with E-state index in [1.165, 1.54) is 24.8 Å². The summed E-state index contributed by atoms with van der Waals surface area (Å²) in [6.07, 6.45) is 7.25. The van der Waals surface area contributed by atoms with E-state index >= 15 is 0 Å². The molecule has 0 spiro atoms. The van der Waals surface area contributed by atoms with Crippen molar-refractivity contribution in [2.75, 3.05) is 0 Å². The number of hydrazine groups is 1. The zero-order chi connectivity index (χ0) is 11.7. The zero-order valence-corrected chi connectivity index (χ0v) is 9.63. The van der Waals surface area contributed by atoms with Crippen molar-refractivity contribution < 1.29 is 0 Å². The van der Waals surface area contributed by atoms with Crippen LogP contribution in [0.2, 0.25) is 0 Å². The maximum absolute atomic E-state index is 5.71. The van der Waals surface area contributed by atoms with Crippen LogP contribution in [0.3, 0.4) is 0 Å². The number of nitrogens with two attached hydrogens (primary N) is 1. The number of hydrogen-bond donors (Lipinski definition) is 2. The van der Waals surface area contributed by atoms with Crippen LogP contribution in [0, 0.1) is 5.92 Å². The van der Waals surface area contributed by atoms with E-state index in [1.54, 1.807) is 12.4 Å². The third-order valence-electron chi connectivity index (χ3n) is 3.67. The van der Waals surface area contributed by atoms with Gasteiger partial charge in [-0.25, -0.2) is 0 Å². The predicted octanol–water partition coefficient (Wildman–Crippen LogP) is 1.93. The minimum Gasteiger partial charge on any atom is -0.271 e. The lowest BCUT2D eigenvalue weighted by Crippen LogP contribution is -2.36. The lowest BCUT2D eigenvalue weighted by Gasteiger charge is -2.33. The SMILES string of the molecule is NNC(c1cccc2nccnc12)C1CCC1. The van der Waals surface area contributed by atoms with Crippen molar-refractivity contribution in [3.8, 4) is 0 Å². The summed E-state index contributed by atoms with van der Waals surface area (Å²) >= 11 is 0. The van der Waals surface area contributed by atoms with Gasteiger partial charge in [-0.1, -0.05) is 18.6 Å². The average Bonchev–Trinajstić information content (AvgIpc) is 2.33. The molecule has 0 aliphatic heterocycles. The Morgan fingerprint density at radius 3 is 2.76 bits per heavy atom. The third kappa shape index (κ3) is 1.79. The average molecular weight is 228 g/mol. The molecule has 4 nitrogen and oxygen atoms in total. The van der Waals surface area contributed by atoms with Gasteiger partial charge in [-0.3, -0.25) is 21.2 Å². The van der Waals surface area contributed by atoms with Gasteiger partial charge in [0.05, 0.1) is 17.1 Å². The molecule has 88 valence electrons. The van der Waals surface area contributed by atoms with Crippen molar-refractivity contribution in [2.45, 2.75) is 25.3 Å². The van der Waals surface area contributed by atoms with E-state index < -0.39 is 0 Å². The molecular formula is C13H16N4. The standard InChI is InChI=1S/C13H16N4/c14-17-12(9-3-1-4-9)10-5-2-6-11-13(10)16-8-7-15-11/h2,5-9,12,17H,1,3-4,14H2. The Kier molecular flexibility index (Phi) is 2.74. The summed E-state index contributed by atoms with van der Waals surface area (Å²) in [7, 11) is 0. The summed E-state index contributed by atoms with van der Waals surface area (Å²) in [5, 5.41) is 0. The fourth-order valence-corrected chi connectivity index (χ4v) is 2.52. The first-order chi connectivity index (χ1) is 8.40. The number of hydrogen-bond acceptors (Lipinski definition) is 4. The van der Waals surface area contributed by atoms with Crippen molar-refractivity contribution in [1.82, 2.24) is 15.4 Å². The molecule has 1 aromatic carbocycles. The van der Waals surface area contributed by atoms with Gasteiger partial charge in [-0.05, 0) is 30.4 Å². The molecule has 1 heterocycles. The highest BCUT2D eigenvalue weighted by molar-refractivity contribution is 5.78. The van der Waals surface area contributed by atoms with E-state index in [1.807, 2.05) is 12.1 Å². The van der Waals surface area contributed by atoms with E-state index in [0.717, 1.165) is 11.0 Å². The van der Waals surface area contributed by atoms with E-state index in [2.05, 4.69) is 21.5 Å². The molecule has 17 heavy (non-hydrogen) atoms. The van der Waals surface area contributed by atoms with Crippen LogP contribution in [-0.2, 0) is 0 Å². The molecule has 1 saturated carbocycles. The molecule has 1 atom stereocenters. The van der Waals surface area contributed by atoms with Crippen molar-refractivity contribution >= 4 is 11.0 Å². The van der Waals surface area contributed by atoms with Crippen molar-refractivity contribution in [3.05, 3.63) is 36.2 Å². The first-order valence-corrected chi connectivity index (χ1v) is 6.06. The molecule has 4 heteroatoms. The van der Waals surface area contributed by atoms with E-state index in [-0.39, 0.29) is 6.04 Å². The molecule has 1 unspecified atom stereocenters. The van der Waals surface area contributed by atoms with Crippen molar-refractivity contribution in [3.63, 3.8) is 0 Å². The molecule has 1 aromatic heterocycles. The summed E-state index contributed by atoms with van der Waals surface area (Å²) < 4.78 is 0. The molecule has 0 bridgehead atoms. The third-order valence-corrected chi connectivity index (χ3v) is 3.67.